The predicted molar refractivity (Wildman–Crippen MR) is 72.3 cm³/mol. The van der Waals surface area contributed by atoms with Crippen LogP contribution >= 0.6 is 7.60 Å². The zero-order valence-electron chi connectivity index (χ0n) is 12.3. The van der Waals surface area contributed by atoms with E-state index in [1.807, 2.05) is 0 Å². The maximum absolute atomic E-state index is 12.5. The Morgan fingerprint density at radius 2 is 1.90 bits per heavy atom. The zero-order chi connectivity index (χ0) is 15.2. The van der Waals surface area contributed by atoms with Gasteiger partial charge in [-0.15, -0.1) is 0 Å². The van der Waals surface area contributed by atoms with Gasteiger partial charge in [-0.25, -0.2) is 8.42 Å². The molecule has 0 aliphatic rings. The normalized spacial score (nSPS) is 13.5. The summed E-state index contributed by atoms with van der Waals surface area (Å²) in [6.45, 7) is 3.06. The molecule has 0 bridgehead atoms. The van der Waals surface area contributed by atoms with Crippen molar-refractivity contribution in [2.24, 2.45) is 0 Å². The minimum atomic E-state index is -4.86. The van der Waals surface area contributed by atoms with Crippen molar-refractivity contribution in [3.63, 3.8) is 0 Å². The van der Waals surface area contributed by atoms with Gasteiger partial charge in [-0.05, 0) is 25.5 Å². The Labute approximate surface area is 136 Å². The average molecular weight is 329 g/mol. The molecule has 0 aromatic carbocycles. The minimum Gasteiger partial charge on any atom is -0.747 e. The number of rotatable bonds is 8. The Balaban J connectivity index is 0.00000400. The van der Waals surface area contributed by atoms with Crippen LogP contribution in [0.4, 0.5) is 0 Å². The Hall–Kier alpha value is -0.193. The fourth-order valence-electron chi connectivity index (χ4n) is 1.66. The molecule has 1 heterocycles. The standard InChI is InChI=1S/C11H18NO6PS.Li/c1-3-17-19(13,18-4-2)11(20(14,15)16)8-10-6-5-7-12-9-10;/h5-7,9,11H,3-4,8H2,1-2H3,(H,14,15,16);/q;+1/p-1. The maximum atomic E-state index is 12.5. The van der Waals surface area contributed by atoms with Gasteiger partial charge < -0.3 is 13.6 Å². The first-order valence-electron chi connectivity index (χ1n) is 6.06. The van der Waals surface area contributed by atoms with Gasteiger partial charge in [0, 0.05) is 18.8 Å². The second-order valence-corrected chi connectivity index (χ2v) is 8.01. The SMILES string of the molecule is CCOP(=O)(OCC)C(Cc1cccnc1)S(=O)(=O)[O-].[Li+]. The fraction of sp³-hybridized carbons (Fsp3) is 0.545. The largest absolute Gasteiger partial charge is 1.00 e. The number of hydrogen-bond acceptors (Lipinski definition) is 7. The van der Waals surface area contributed by atoms with Crippen LogP contribution in [0.3, 0.4) is 0 Å². The number of hydrogen-bond donors (Lipinski definition) is 0. The fourth-order valence-corrected chi connectivity index (χ4v) is 5.24. The smallest absolute Gasteiger partial charge is 0.747 e. The van der Waals surface area contributed by atoms with Gasteiger partial charge in [-0.3, -0.25) is 9.55 Å². The predicted octanol–water partition coefficient (Wildman–Crippen LogP) is -1.23. The molecule has 0 radical (unpaired) electrons. The van der Waals surface area contributed by atoms with Crippen molar-refractivity contribution in [2.45, 2.75) is 25.3 Å². The molecule has 0 N–H and O–H groups in total. The summed E-state index contributed by atoms with van der Waals surface area (Å²) in [6, 6.07) is 3.18. The first-order valence-corrected chi connectivity index (χ1v) is 9.14. The zero-order valence-corrected chi connectivity index (χ0v) is 14.0. The molecule has 0 amide bonds. The van der Waals surface area contributed by atoms with E-state index < -0.39 is 22.7 Å². The molecule has 0 fully saturated rings. The van der Waals surface area contributed by atoms with E-state index in [0.29, 0.717) is 5.56 Å². The van der Waals surface area contributed by atoms with Crippen molar-refractivity contribution >= 4 is 17.7 Å². The second kappa shape index (κ2) is 9.06. The van der Waals surface area contributed by atoms with Crippen molar-refractivity contribution < 1.29 is 45.4 Å². The van der Waals surface area contributed by atoms with Crippen LogP contribution in [0.15, 0.2) is 24.5 Å². The Bertz CT molecular complexity index is 557. The molecular weight excluding hydrogens is 312 g/mol. The van der Waals surface area contributed by atoms with Crippen LogP contribution in [-0.2, 0) is 30.2 Å². The molecular formula is C11H17LiNO6PS. The molecule has 1 rings (SSSR count). The molecule has 21 heavy (non-hydrogen) atoms. The molecule has 1 atom stereocenters. The van der Waals surface area contributed by atoms with Crippen molar-refractivity contribution in [1.82, 2.24) is 4.98 Å². The summed E-state index contributed by atoms with van der Waals surface area (Å²) in [7, 11) is -8.90. The quantitative estimate of drug-likeness (QED) is 0.334. The summed E-state index contributed by atoms with van der Waals surface area (Å²) < 4.78 is 56.7. The van der Waals surface area contributed by atoms with Gasteiger partial charge in [0.2, 0.25) is 0 Å². The topological polar surface area (TPSA) is 106 Å². The summed E-state index contributed by atoms with van der Waals surface area (Å²) in [5, 5.41) is 0. The molecule has 0 aliphatic heterocycles. The van der Waals surface area contributed by atoms with Crippen LogP contribution in [0.25, 0.3) is 0 Å². The van der Waals surface area contributed by atoms with Crippen LogP contribution < -0.4 is 18.9 Å². The van der Waals surface area contributed by atoms with Gasteiger partial charge in [-0.1, -0.05) is 6.07 Å². The third-order valence-corrected chi connectivity index (χ3v) is 6.94. The van der Waals surface area contributed by atoms with Gasteiger partial charge in [0.1, 0.15) is 10.1 Å². The van der Waals surface area contributed by atoms with E-state index in [1.165, 1.54) is 12.4 Å². The first-order chi connectivity index (χ1) is 9.33. The number of aromatic nitrogens is 1. The molecule has 1 aromatic heterocycles. The molecule has 1 aromatic rings. The molecule has 0 spiro atoms. The van der Waals surface area contributed by atoms with Crippen molar-refractivity contribution in [3.8, 4) is 0 Å². The maximum Gasteiger partial charge on any atom is 1.00 e. The van der Waals surface area contributed by atoms with Crippen LogP contribution in [0.2, 0.25) is 0 Å². The van der Waals surface area contributed by atoms with E-state index in [2.05, 4.69) is 4.98 Å². The number of pyridine rings is 1. The van der Waals surface area contributed by atoms with Gasteiger partial charge in [0.25, 0.3) is 0 Å². The van der Waals surface area contributed by atoms with E-state index >= 15 is 0 Å². The molecule has 0 aliphatic carbocycles. The first kappa shape index (κ1) is 20.8. The van der Waals surface area contributed by atoms with Crippen LogP contribution in [0.1, 0.15) is 19.4 Å². The monoisotopic (exact) mass is 329 g/mol. The van der Waals surface area contributed by atoms with Crippen molar-refractivity contribution in [3.05, 3.63) is 30.1 Å². The molecule has 114 valence electrons. The summed E-state index contributed by atoms with van der Waals surface area (Å²) >= 11 is 0. The van der Waals surface area contributed by atoms with Crippen LogP contribution in [0.5, 0.6) is 0 Å². The van der Waals surface area contributed by atoms with Crippen LogP contribution in [0, 0.1) is 0 Å². The minimum absolute atomic E-state index is 0. The summed E-state index contributed by atoms with van der Waals surface area (Å²) in [4.78, 5) is 2.05. The van der Waals surface area contributed by atoms with E-state index in [9.17, 15) is 17.5 Å². The third-order valence-electron chi connectivity index (χ3n) is 2.44. The Morgan fingerprint density at radius 3 is 2.29 bits per heavy atom. The number of nitrogens with zero attached hydrogens (tertiary/aromatic N) is 1. The van der Waals surface area contributed by atoms with Crippen LogP contribution in [-0.4, -0.2) is 36.2 Å². The second-order valence-electron chi connectivity index (χ2n) is 3.89. The molecule has 1 unspecified atom stereocenters. The van der Waals surface area contributed by atoms with Crippen molar-refractivity contribution in [2.75, 3.05) is 13.2 Å². The Kier molecular flexibility index (Phi) is 8.98. The van der Waals surface area contributed by atoms with Gasteiger partial charge >= 0.3 is 26.5 Å². The van der Waals surface area contributed by atoms with E-state index in [-0.39, 0.29) is 38.5 Å². The summed E-state index contributed by atoms with van der Waals surface area (Å²) in [5.74, 6) is 0. The van der Waals surface area contributed by atoms with E-state index in [0.717, 1.165) is 0 Å². The van der Waals surface area contributed by atoms with E-state index in [4.69, 9.17) is 9.05 Å². The van der Waals surface area contributed by atoms with E-state index in [1.54, 1.807) is 26.0 Å². The molecule has 0 saturated heterocycles. The van der Waals surface area contributed by atoms with Gasteiger partial charge in [-0.2, -0.15) is 0 Å². The molecule has 10 heteroatoms. The third kappa shape index (κ3) is 6.21. The van der Waals surface area contributed by atoms with Crippen molar-refractivity contribution in [1.29, 1.82) is 0 Å². The molecule has 7 nitrogen and oxygen atoms in total. The molecule has 0 saturated carbocycles. The van der Waals surface area contributed by atoms with Gasteiger partial charge in [0.15, 0.2) is 4.99 Å². The van der Waals surface area contributed by atoms with Gasteiger partial charge in [0.05, 0.1) is 13.2 Å². The Morgan fingerprint density at radius 1 is 1.33 bits per heavy atom. The average Bonchev–Trinajstić information content (AvgIpc) is 2.36. The summed E-state index contributed by atoms with van der Waals surface area (Å²) in [6.07, 6.45) is 2.65. The summed E-state index contributed by atoms with van der Waals surface area (Å²) in [5.41, 5.74) is 0.469.